The van der Waals surface area contributed by atoms with Crippen molar-refractivity contribution >= 4 is 15.9 Å². The molecule has 1 N–H and O–H groups in total. The molecule has 0 aliphatic carbocycles. The smallest absolute Gasteiger partial charge is 0.194 e. The topological polar surface area (TPSA) is 47.3 Å². The number of rotatable bonds is 5. The van der Waals surface area contributed by atoms with Gasteiger partial charge in [-0.3, -0.25) is 4.68 Å². The number of nitrogens with zero attached hydrogens (tertiary/aromatic N) is 2. The van der Waals surface area contributed by atoms with Gasteiger partial charge in [-0.2, -0.15) is 5.10 Å². The number of aromatic nitrogens is 2. The number of hydrogen-bond donors (Lipinski definition) is 1. The predicted molar refractivity (Wildman–Crippen MR) is 72.2 cm³/mol. The van der Waals surface area contributed by atoms with E-state index in [1.807, 2.05) is 0 Å². The Morgan fingerprint density at radius 3 is 2.52 bits per heavy atom. The van der Waals surface area contributed by atoms with Gasteiger partial charge in [-0.15, -0.1) is 0 Å². The number of hydrogen-bond acceptors (Lipinski definition) is 3. The van der Waals surface area contributed by atoms with Crippen molar-refractivity contribution in [1.29, 1.82) is 0 Å². The van der Waals surface area contributed by atoms with Crippen molar-refractivity contribution in [2.75, 3.05) is 13.7 Å². The summed E-state index contributed by atoms with van der Waals surface area (Å²) >= 11 is 3.21. The minimum atomic E-state index is -1.57. The van der Waals surface area contributed by atoms with E-state index in [1.165, 1.54) is 18.0 Å². The highest BCUT2D eigenvalue weighted by Gasteiger charge is 2.22. The van der Waals surface area contributed by atoms with Crippen molar-refractivity contribution in [3.8, 4) is 0 Å². The minimum absolute atomic E-state index is 0.105. The summed E-state index contributed by atoms with van der Waals surface area (Å²) in [6.07, 6.45) is 0.0908. The second-order valence-corrected chi connectivity index (χ2v) is 5.15. The summed E-state index contributed by atoms with van der Waals surface area (Å²) < 4.78 is 46.3. The zero-order valence-electron chi connectivity index (χ0n) is 11.0. The summed E-state index contributed by atoms with van der Waals surface area (Å²) in [6.45, 7) is 0.695. The Morgan fingerprint density at radius 2 is 1.95 bits per heavy atom. The molecule has 1 unspecified atom stereocenters. The fourth-order valence-electron chi connectivity index (χ4n) is 1.89. The molecule has 0 amide bonds. The molecule has 0 spiro atoms. The molecule has 1 heterocycles. The Labute approximate surface area is 127 Å². The van der Waals surface area contributed by atoms with Crippen LogP contribution in [0.15, 0.2) is 22.8 Å². The minimum Gasteiger partial charge on any atom is -0.383 e. The quantitative estimate of drug-likeness (QED) is 0.829. The van der Waals surface area contributed by atoms with E-state index in [9.17, 15) is 18.3 Å². The first-order valence-electron chi connectivity index (χ1n) is 5.98. The monoisotopic (exact) mass is 364 g/mol. The molecule has 114 valence electrons. The molecule has 0 radical (unpaired) electrons. The van der Waals surface area contributed by atoms with Crippen molar-refractivity contribution in [3.05, 3.63) is 51.5 Å². The number of benzene rings is 1. The molecule has 0 saturated heterocycles. The van der Waals surface area contributed by atoms with Crippen LogP contribution in [0.3, 0.4) is 0 Å². The molecule has 2 rings (SSSR count). The molecule has 4 nitrogen and oxygen atoms in total. The summed E-state index contributed by atoms with van der Waals surface area (Å²) in [5.74, 6) is -4.29. The van der Waals surface area contributed by atoms with Gasteiger partial charge in [-0.05, 0) is 33.6 Å². The van der Waals surface area contributed by atoms with E-state index in [4.69, 9.17) is 4.74 Å². The van der Waals surface area contributed by atoms with Crippen molar-refractivity contribution in [1.82, 2.24) is 9.78 Å². The van der Waals surface area contributed by atoms with Gasteiger partial charge in [-0.1, -0.05) is 0 Å². The fraction of sp³-hybridized carbons (Fsp3) is 0.308. The highest BCUT2D eigenvalue weighted by atomic mass is 79.9. The first kappa shape index (κ1) is 16.0. The molecule has 21 heavy (non-hydrogen) atoms. The lowest BCUT2D eigenvalue weighted by Gasteiger charge is -2.15. The van der Waals surface area contributed by atoms with Crippen LogP contribution in [-0.4, -0.2) is 28.6 Å². The van der Waals surface area contributed by atoms with Crippen LogP contribution in [0.25, 0.3) is 0 Å². The Hall–Kier alpha value is -1.38. The Bertz CT molecular complexity index is 625. The third-order valence-corrected chi connectivity index (χ3v) is 3.53. The lowest BCUT2D eigenvalue weighted by atomic mass is 10.1. The zero-order valence-corrected chi connectivity index (χ0v) is 12.6. The van der Waals surface area contributed by atoms with E-state index < -0.39 is 23.6 Å². The summed E-state index contributed by atoms with van der Waals surface area (Å²) in [5, 5.41) is 14.3. The molecular weight excluding hydrogens is 353 g/mol. The van der Waals surface area contributed by atoms with Crippen LogP contribution in [0.4, 0.5) is 13.2 Å². The van der Waals surface area contributed by atoms with Gasteiger partial charge in [0.25, 0.3) is 0 Å². The van der Waals surface area contributed by atoms with Crippen LogP contribution in [-0.2, 0) is 11.3 Å². The number of ether oxygens (including phenoxy) is 1. The van der Waals surface area contributed by atoms with E-state index in [0.717, 1.165) is 12.1 Å². The van der Waals surface area contributed by atoms with Crippen molar-refractivity contribution in [2.24, 2.45) is 0 Å². The lowest BCUT2D eigenvalue weighted by molar-refractivity contribution is 0.170. The third kappa shape index (κ3) is 3.28. The maximum atomic E-state index is 13.3. The standard InChI is InChI=1S/C13H12BrF3N2O2/c1-21-3-2-19-12(8(14)6-18-19)13(20)7-4-9(15)11(17)10(16)5-7/h4-6,13,20H,2-3H2,1H3. The fourth-order valence-corrected chi connectivity index (χ4v) is 2.40. The summed E-state index contributed by atoms with van der Waals surface area (Å²) in [5.41, 5.74) is 0.198. The highest BCUT2D eigenvalue weighted by Crippen LogP contribution is 2.30. The molecule has 2 aromatic rings. The number of aliphatic hydroxyl groups excluding tert-OH is 1. The van der Waals surface area contributed by atoms with E-state index in [0.29, 0.717) is 23.3 Å². The van der Waals surface area contributed by atoms with Gasteiger partial charge in [0, 0.05) is 7.11 Å². The zero-order chi connectivity index (χ0) is 15.6. The predicted octanol–water partition coefficient (Wildman–Crippen LogP) is 2.79. The van der Waals surface area contributed by atoms with Crippen LogP contribution in [0.2, 0.25) is 0 Å². The van der Waals surface area contributed by atoms with Gasteiger partial charge in [0.05, 0.1) is 29.5 Å². The Morgan fingerprint density at radius 1 is 1.33 bits per heavy atom. The molecule has 0 aliphatic rings. The van der Waals surface area contributed by atoms with Crippen molar-refractivity contribution in [2.45, 2.75) is 12.6 Å². The average molecular weight is 365 g/mol. The molecule has 0 aliphatic heterocycles. The Balaban J connectivity index is 2.40. The van der Waals surface area contributed by atoms with Gasteiger partial charge in [0.1, 0.15) is 6.10 Å². The van der Waals surface area contributed by atoms with E-state index in [-0.39, 0.29) is 5.56 Å². The van der Waals surface area contributed by atoms with Crippen LogP contribution < -0.4 is 0 Å². The lowest BCUT2D eigenvalue weighted by Crippen LogP contribution is -2.14. The maximum absolute atomic E-state index is 13.3. The van der Waals surface area contributed by atoms with Gasteiger partial charge < -0.3 is 9.84 Å². The largest absolute Gasteiger partial charge is 0.383 e. The molecule has 0 fully saturated rings. The second kappa shape index (κ2) is 6.59. The first-order chi connectivity index (χ1) is 9.95. The third-order valence-electron chi connectivity index (χ3n) is 2.92. The molecule has 0 saturated carbocycles. The molecule has 1 aromatic heterocycles. The second-order valence-electron chi connectivity index (χ2n) is 4.29. The summed E-state index contributed by atoms with van der Waals surface area (Å²) in [6, 6.07) is 1.51. The number of halogens is 4. The van der Waals surface area contributed by atoms with Crippen LogP contribution in [0.5, 0.6) is 0 Å². The molecule has 0 bridgehead atoms. The first-order valence-corrected chi connectivity index (χ1v) is 6.77. The number of aliphatic hydroxyl groups is 1. The average Bonchev–Trinajstić information content (AvgIpc) is 2.82. The molecular formula is C13H12BrF3N2O2. The molecule has 1 atom stereocenters. The molecule has 8 heteroatoms. The molecule has 1 aromatic carbocycles. The van der Waals surface area contributed by atoms with Crippen LogP contribution >= 0.6 is 15.9 Å². The highest BCUT2D eigenvalue weighted by molar-refractivity contribution is 9.10. The van der Waals surface area contributed by atoms with E-state index in [1.54, 1.807) is 0 Å². The van der Waals surface area contributed by atoms with E-state index >= 15 is 0 Å². The normalized spacial score (nSPS) is 12.7. The SMILES string of the molecule is COCCn1ncc(Br)c1C(O)c1cc(F)c(F)c(F)c1. The van der Waals surface area contributed by atoms with Crippen LogP contribution in [0, 0.1) is 17.5 Å². The van der Waals surface area contributed by atoms with Gasteiger partial charge >= 0.3 is 0 Å². The Kier molecular flexibility index (Phi) is 5.02. The van der Waals surface area contributed by atoms with Gasteiger partial charge in [0.2, 0.25) is 0 Å². The van der Waals surface area contributed by atoms with Crippen LogP contribution in [0.1, 0.15) is 17.4 Å². The number of methoxy groups -OCH3 is 1. The maximum Gasteiger partial charge on any atom is 0.194 e. The van der Waals surface area contributed by atoms with Gasteiger partial charge in [0.15, 0.2) is 17.5 Å². The van der Waals surface area contributed by atoms with Gasteiger partial charge in [-0.25, -0.2) is 13.2 Å². The van der Waals surface area contributed by atoms with E-state index in [2.05, 4.69) is 21.0 Å². The summed E-state index contributed by atoms with van der Waals surface area (Å²) in [7, 11) is 1.51. The van der Waals surface area contributed by atoms with Crippen molar-refractivity contribution in [3.63, 3.8) is 0 Å². The summed E-state index contributed by atoms with van der Waals surface area (Å²) in [4.78, 5) is 0. The van der Waals surface area contributed by atoms with Crippen molar-refractivity contribution < 1.29 is 23.0 Å².